The Balaban J connectivity index is 1.59. The number of halogens is 1. The maximum absolute atomic E-state index is 12.7. The van der Waals surface area contributed by atoms with Crippen LogP contribution in [-0.2, 0) is 19.1 Å². The van der Waals surface area contributed by atoms with Crippen molar-refractivity contribution in [3.63, 3.8) is 0 Å². The molecular formula is C21H19ClN2O5S. The standard InChI is InChI=1S/C21H19ClN2O5S/c1-12-3-6-14(9-16(12)22)23-18(25)11-30-17-10-19(26)24(20(17)27)15-7-4-13(5-8-15)21(28)29-2/h3-9,17H,10-11H2,1-2H3,(H,23,25)/t17-/m1/s1. The monoisotopic (exact) mass is 446 g/mol. The SMILES string of the molecule is COC(=O)c1ccc(N2C(=O)C[C@@H](SCC(=O)Nc3ccc(C)c(Cl)c3)C2=O)cc1. The van der Waals surface area contributed by atoms with Crippen LogP contribution in [0.2, 0.25) is 5.02 Å². The van der Waals surface area contributed by atoms with Gasteiger partial charge >= 0.3 is 5.97 Å². The number of hydrogen-bond donors (Lipinski definition) is 1. The van der Waals surface area contributed by atoms with E-state index in [9.17, 15) is 19.2 Å². The summed E-state index contributed by atoms with van der Waals surface area (Å²) >= 11 is 7.16. The van der Waals surface area contributed by atoms with Crippen LogP contribution in [-0.4, -0.2) is 41.8 Å². The molecule has 0 unspecified atom stereocenters. The van der Waals surface area contributed by atoms with E-state index in [-0.39, 0.29) is 29.9 Å². The average Bonchev–Trinajstić information content (AvgIpc) is 3.02. The Labute approximate surface area is 182 Å². The summed E-state index contributed by atoms with van der Waals surface area (Å²) in [5.74, 6) is -1.52. The second-order valence-electron chi connectivity index (χ2n) is 6.62. The molecule has 1 atom stereocenters. The number of nitrogens with zero attached hydrogens (tertiary/aromatic N) is 1. The van der Waals surface area contributed by atoms with Gasteiger partial charge in [-0.1, -0.05) is 17.7 Å². The topological polar surface area (TPSA) is 92.8 Å². The van der Waals surface area contributed by atoms with Crippen LogP contribution in [0.1, 0.15) is 22.3 Å². The fourth-order valence-corrected chi connectivity index (χ4v) is 4.03. The van der Waals surface area contributed by atoms with Crippen molar-refractivity contribution in [1.29, 1.82) is 0 Å². The fourth-order valence-electron chi connectivity index (χ4n) is 2.91. The lowest BCUT2D eigenvalue weighted by atomic mass is 10.2. The summed E-state index contributed by atoms with van der Waals surface area (Å²) in [6, 6.07) is 11.2. The molecule has 2 aromatic carbocycles. The van der Waals surface area contributed by atoms with E-state index < -0.39 is 11.2 Å². The number of benzene rings is 2. The number of thioether (sulfide) groups is 1. The lowest BCUT2D eigenvalue weighted by Crippen LogP contribution is -2.31. The first-order valence-electron chi connectivity index (χ1n) is 9.03. The lowest BCUT2D eigenvalue weighted by Gasteiger charge is -2.15. The number of hydrogen-bond acceptors (Lipinski definition) is 6. The largest absolute Gasteiger partial charge is 0.465 e. The minimum atomic E-state index is -0.648. The molecule has 156 valence electrons. The highest BCUT2D eigenvalue weighted by molar-refractivity contribution is 8.01. The number of rotatable bonds is 6. The molecule has 30 heavy (non-hydrogen) atoms. The van der Waals surface area contributed by atoms with Crippen LogP contribution in [0.5, 0.6) is 0 Å². The molecule has 0 aromatic heterocycles. The number of methoxy groups -OCH3 is 1. The Kier molecular flexibility index (Phi) is 6.79. The summed E-state index contributed by atoms with van der Waals surface area (Å²) in [4.78, 5) is 49.9. The number of anilines is 2. The van der Waals surface area contributed by atoms with Crippen LogP contribution >= 0.6 is 23.4 Å². The fraction of sp³-hybridized carbons (Fsp3) is 0.238. The zero-order valence-corrected chi connectivity index (χ0v) is 17.9. The van der Waals surface area contributed by atoms with Crippen molar-refractivity contribution in [1.82, 2.24) is 0 Å². The Morgan fingerprint density at radius 2 is 1.90 bits per heavy atom. The summed E-state index contributed by atoms with van der Waals surface area (Å²) in [5.41, 5.74) is 2.16. The Hall–Kier alpha value is -2.84. The van der Waals surface area contributed by atoms with Crippen LogP contribution in [0.15, 0.2) is 42.5 Å². The van der Waals surface area contributed by atoms with E-state index in [2.05, 4.69) is 10.1 Å². The molecule has 0 saturated carbocycles. The zero-order valence-electron chi connectivity index (χ0n) is 16.3. The van der Waals surface area contributed by atoms with Crippen molar-refractivity contribution in [2.75, 3.05) is 23.1 Å². The molecule has 1 saturated heterocycles. The van der Waals surface area contributed by atoms with Gasteiger partial charge in [0.1, 0.15) is 0 Å². The van der Waals surface area contributed by atoms with Gasteiger partial charge < -0.3 is 10.1 Å². The van der Waals surface area contributed by atoms with Gasteiger partial charge in [0.25, 0.3) is 0 Å². The first kappa shape index (κ1) is 21.9. The van der Waals surface area contributed by atoms with Gasteiger partial charge in [-0.05, 0) is 48.9 Å². The Bertz CT molecular complexity index is 1010. The predicted molar refractivity (Wildman–Crippen MR) is 116 cm³/mol. The van der Waals surface area contributed by atoms with E-state index in [4.69, 9.17) is 11.6 Å². The van der Waals surface area contributed by atoms with E-state index in [1.54, 1.807) is 18.2 Å². The maximum atomic E-state index is 12.7. The van der Waals surface area contributed by atoms with Crippen molar-refractivity contribution >= 4 is 58.4 Å². The summed E-state index contributed by atoms with van der Waals surface area (Å²) in [6.07, 6.45) is 0.00585. The molecule has 0 spiro atoms. The van der Waals surface area contributed by atoms with Gasteiger partial charge in [0, 0.05) is 17.1 Å². The molecular weight excluding hydrogens is 428 g/mol. The molecule has 0 bridgehead atoms. The Morgan fingerprint density at radius 1 is 1.20 bits per heavy atom. The van der Waals surface area contributed by atoms with Gasteiger partial charge in [0.05, 0.1) is 29.4 Å². The zero-order chi connectivity index (χ0) is 21.8. The van der Waals surface area contributed by atoms with Gasteiger partial charge in [-0.15, -0.1) is 11.8 Å². The molecule has 1 N–H and O–H groups in total. The van der Waals surface area contributed by atoms with Crippen molar-refractivity contribution in [3.05, 3.63) is 58.6 Å². The molecule has 1 fully saturated rings. The molecule has 3 rings (SSSR count). The molecule has 2 aromatic rings. The molecule has 1 heterocycles. The van der Waals surface area contributed by atoms with Gasteiger partial charge in [-0.25, -0.2) is 9.69 Å². The smallest absolute Gasteiger partial charge is 0.337 e. The number of amides is 3. The first-order valence-corrected chi connectivity index (χ1v) is 10.5. The quantitative estimate of drug-likeness (QED) is 0.539. The van der Waals surface area contributed by atoms with Crippen LogP contribution in [0.4, 0.5) is 11.4 Å². The van der Waals surface area contributed by atoms with Gasteiger partial charge in [0.15, 0.2) is 0 Å². The lowest BCUT2D eigenvalue weighted by molar-refractivity contribution is -0.121. The van der Waals surface area contributed by atoms with E-state index in [0.717, 1.165) is 22.2 Å². The van der Waals surface area contributed by atoms with Crippen molar-refractivity contribution in [2.45, 2.75) is 18.6 Å². The molecule has 9 heteroatoms. The summed E-state index contributed by atoms with van der Waals surface area (Å²) in [7, 11) is 1.27. The minimum Gasteiger partial charge on any atom is -0.465 e. The highest BCUT2D eigenvalue weighted by Gasteiger charge is 2.40. The first-order chi connectivity index (χ1) is 14.3. The van der Waals surface area contributed by atoms with E-state index in [1.807, 2.05) is 6.92 Å². The third-order valence-corrected chi connectivity index (χ3v) is 6.13. The molecule has 1 aliphatic heterocycles. The van der Waals surface area contributed by atoms with Crippen molar-refractivity contribution in [3.8, 4) is 0 Å². The number of imide groups is 1. The predicted octanol–water partition coefficient (Wildman–Crippen LogP) is 3.44. The van der Waals surface area contributed by atoms with Crippen molar-refractivity contribution in [2.24, 2.45) is 0 Å². The van der Waals surface area contributed by atoms with Crippen molar-refractivity contribution < 1.29 is 23.9 Å². The van der Waals surface area contributed by atoms with Gasteiger partial charge in [0.2, 0.25) is 17.7 Å². The average molecular weight is 447 g/mol. The number of carbonyl (C=O) groups is 4. The second-order valence-corrected chi connectivity index (χ2v) is 8.22. The molecule has 0 radical (unpaired) electrons. The molecule has 1 aliphatic rings. The van der Waals surface area contributed by atoms with Crippen LogP contribution in [0.3, 0.4) is 0 Å². The highest BCUT2D eigenvalue weighted by atomic mass is 35.5. The Morgan fingerprint density at radius 3 is 2.53 bits per heavy atom. The minimum absolute atomic E-state index is 0.00585. The van der Waals surface area contributed by atoms with Crippen LogP contribution < -0.4 is 10.2 Å². The second kappa shape index (κ2) is 9.32. The number of carbonyl (C=O) groups excluding carboxylic acids is 4. The molecule has 0 aliphatic carbocycles. The van der Waals surface area contributed by atoms with Gasteiger partial charge in [-0.2, -0.15) is 0 Å². The number of esters is 1. The summed E-state index contributed by atoms with van der Waals surface area (Å²) in [5, 5.41) is 2.63. The van der Waals surface area contributed by atoms with Gasteiger partial charge in [-0.3, -0.25) is 14.4 Å². The molecule has 3 amide bonds. The third-order valence-electron chi connectivity index (χ3n) is 4.52. The highest BCUT2D eigenvalue weighted by Crippen LogP contribution is 2.30. The van der Waals surface area contributed by atoms with E-state index >= 15 is 0 Å². The number of aryl methyl sites for hydroxylation is 1. The normalized spacial score (nSPS) is 16.0. The maximum Gasteiger partial charge on any atom is 0.337 e. The van der Waals surface area contributed by atoms with E-state index in [0.29, 0.717) is 22.0 Å². The molecule has 7 nitrogen and oxygen atoms in total. The third kappa shape index (κ3) is 4.83. The van der Waals surface area contributed by atoms with Crippen LogP contribution in [0.25, 0.3) is 0 Å². The number of nitrogens with one attached hydrogen (secondary N) is 1. The summed E-state index contributed by atoms with van der Waals surface area (Å²) < 4.78 is 4.64. The summed E-state index contributed by atoms with van der Waals surface area (Å²) in [6.45, 7) is 1.86. The van der Waals surface area contributed by atoms with Crippen LogP contribution in [0, 0.1) is 6.92 Å². The number of ether oxygens (including phenoxy) is 1. The van der Waals surface area contributed by atoms with E-state index in [1.165, 1.54) is 31.4 Å².